The van der Waals surface area contributed by atoms with Crippen LogP contribution < -0.4 is 4.74 Å². The third-order valence-electron chi connectivity index (χ3n) is 5.83. The van der Waals surface area contributed by atoms with Crippen molar-refractivity contribution in [1.82, 2.24) is 9.88 Å². The predicted molar refractivity (Wildman–Crippen MR) is 122 cm³/mol. The first-order chi connectivity index (χ1) is 15.0. The van der Waals surface area contributed by atoms with Gasteiger partial charge in [0.05, 0.1) is 12.3 Å². The molecule has 0 radical (unpaired) electrons. The van der Waals surface area contributed by atoms with E-state index < -0.39 is 5.60 Å². The van der Waals surface area contributed by atoms with E-state index >= 15 is 0 Å². The first kappa shape index (κ1) is 21.9. The maximum absolute atomic E-state index is 13.5. The van der Waals surface area contributed by atoms with Crippen molar-refractivity contribution < 1.29 is 14.2 Å². The smallest absolute Gasteiger partial charge is 0.125 e. The summed E-state index contributed by atoms with van der Waals surface area (Å²) in [5.74, 6) is 0.663. The van der Waals surface area contributed by atoms with Crippen LogP contribution in [-0.2, 0) is 18.6 Å². The van der Waals surface area contributed by atoms with E-state index in [9.17, 15) is 9.50 Å². The lowest BCUT2D eigenvalue weighted by Gasteiger charge is -2.25. The quantitative estimate of drug-likeness (QED) is 0.556. The molecule has 1 aromatic heterocycles. The van der Waals surface area contributed by atoms with Gasteiger partial charge < -0.3 is 9.84 Å². The molecule has 0 saturated carbocycles. The first-order valence-electron chi connectivity index (χ1n) is 10.9. The number of nitrogens with zero attached hydrogens (tertiary/aromatic N) is 2. The molecule has 4 rings (SSSR count). The summed E-state index contributed by atoms with van der Waals surface area (Å²) in [4.78, 5) is 8.20. The molecule has 0 spiro atoms. The SMILES string of the molecule is Cc1nc(C2(O)CCCN(Cc3cccc(F)c3)CC2)sc1CCOc1ccccc1. The lowest BCUT2D eigenvalue weighted by atomic mass is 9.96. The Bertz CT molecular complexity index is 994. The maximum Gasteiger partial charge on any atom is 0.125 e. The van der Waals surface area contributed by atoms with Crippen LogP contribution >= 0.6 is 11.3 Å². The third kappa shape index (κ3) is 5.70. The van der Waals surface area contributed by atoms with Gasteiger partial charge in [0, 0.05) is 24.4 Å². The van der Waals surface area contributed by atoms with Crippen molar-refractivity contribution in [3.05, 3.63) is 81.6 Å². The van der Waals surface area contributed by atoms with E-state index in [1.807, 2.05) is 43.3 Å². The van der Waals surface area contributed by atoms with Gasteiger partial charge in [0.1, 0.15) is 22.2 Å². The zero-order chi connectivity index (χ0) is 21.7. The molecule has 3 aromatic rings. The minimum Gasteiger partial charge on any atom is -0.493 e. The van der Waals surface area contributed by atoms with E-state index in [2.05, 4.69) is 4.90 Å². The largest absolute Gasteiger partial charge is 0.493 e. The van der Waals surface area contributed by atoms with E-state index in [-0.39, 0.29) is 5.82 Å². The number of aryl methyl sites for hydroxylation is 1. The summed E-state index contributed by atoms with van der Waals surface area (Å²) in [6.07, 6.45) is 2.99. The second-order valence-corrected chi connectivity index (χ2v) is 9.31. The summed E-state index contributed by atoms with van der Waals surface area (Å²) in [5.41, 5.74) is 1.05. The summed E-state index contributed by atoms with van der Waals surface area (Å²) in [6.45, 7) is 4.95. The van der Waals surface area contributed by atoms with Crippen molar-refractivity contribution in [2.45, 2.75) is 44.8 Å². The molecule has 1 aliphatic rings. The van der Waals surface area contributed by atoms with Crippen LogP contribution in [0.2, 0.25) is 0 Å². The number of thiazole rings is 1. The molecule has 2 aromatic carbocycles. The minimum atomic E-state index is -0.898. The van der Waals surface area contributed by atoms with Crippen molar-refractivity contribution >= 4 is 11.3 Å². The lowest BCUT2D eigenvalue weighted by molar-refractivity contribution is 0.0207. The monoisotopic (exact) mass is 440 g/mol. The second kappa shape index (κ2) is 9.90. The van der Waals surface area contributed by atoms with Crippen LogP contribution in [0.1, 0.15) is 40.4 Å². The number of rotatable bonds is 7. The zero-order valence-electron chi connectivity index (χ0n) is 17.9. The van der Waals surface area contributed by atoms with Gasteiger partial charge in [-0.25, -0.2) is 9.37 Å². The van der Waals surface area contributed by atoms with Gasteiger partial charge in [-0.2, -0.15) is 0 Å². The van der Waals surface area contributed by atoms with Crippen molar-refractivity contribution in [3.8, 4) is 5.75 Å². The average molecular weight is 441 g/mol. The molecule has 1 saturated heterocycles. The Morgan fingerprint density at radius 2 is 1.97 bits per heavy atom. The normalized spacial score (nSPS) is 19.8. The number of halogens is 1. The van der Waals surface area contributed by atoms with Crippen LogP contribution in [0.4, 0.5) is 4.39 Å². The molecular formula is C25H29FN2O2S. The van der Waals surface area contributed by atoms with Gasteiger partial charge in [-0.1, -0.05) is 30.3 Å². The van der Waals surface area contributed by atoms with Crippen LogP contribution in [-0.4, -0.2) is 34.7 Å². The molecule has 1 fully saturated rings. The van der Waals surface area contributed by atoms with Gasteiger partial charge in [-0.3, -0.25) is 4.90 Å². The van der Waals surface area contributed by atoms with E-state index in [1.165, 1.54) is 10.9 Å². The number of aliphatic hydroxyl groups is 1. The molecule has 0 amide bonds. The van der Waals surface area contributed by atoms with Gasteiger partial charge in [0.2, 0.25) is 0 Å². The standard InChI is InChI=1S/C25H29FN2O2S/c1-19-23(11-16-30-22-9-3-2-4-10-22)31-24(27-19)25(29)12-6-14-28(15-13-25)18-20-7-5-8-21(26)17-20/h2-5,7-10,17,29H,6,11-16,18H2,1H3. The van der Waals surface area contributed by atoms with Crippen molar-refractivity contribution in [1.29, 1.82) is 0 Å². The number of ether oxygens (including phenoxy) is 1. The predicted octanol–water partition coefficient (Wildman–Crippen LogP) is 5.09. The molecule has 1 N–H and O–H groups in total. The number of para-hydroxylation sites is 1. The van der Waals surface area contributed by atoms with Crippen LogP contribution in [0.25, 0.3) is 0 Å². The van der Waals surface area contributed by atoms with Crippen LogP contribution in [0.15, 0.2) is 54.6 Å². The third-order valence-corrected chi connectivity index (χ3v) is 7.24. The van der Waals surface area contributed by atoms with Crippen molar-refractivity contribution in [2.24, 2.45) is 0 Å². The number of hydrogen-bond donors (Lipinski definition) is 1. The Balaban J connectivity index is 1.36. The van der Waals surface area contributed by atoms with E-state index in [0.29, 0.717) is 26.0 Å². The van der Waals surface area contributed by atoms with Crippen molar-refractivity contribution in [2.75, 3.05) is 19.7 Å². The van der Waals surface area contributed by atoms with Gasteiger partial charge in [0.15, 0.2) is 0 Å². The lowest BCUT2D eigenvalue weighted by Crippen LogP contribution is -2.29. The molecule has 1 unspecified atom stereocenters. The summed E-state index contributed by atoms with van der Waals surface area (Å²) in [7, 11) is 0. The Labute approximate surface area is 187 Å². The fourth-order valence-electron chi connectivity index (χ4n) is 4.08. The first-order valence-corrected chi connectivity index (χ1v) is 11.7. The van der Waals surface area contributed by atoms with Crippen LogP contribution in [0.3, 0.4) is 0 Å². The van der Waals surface area contributed by atoms with Gasteiger partial charge in [-0.15, -0.1) is 11.3 Å². The number of aromatic nitrogens is 1. The highest BCUT2D eigenvalue weighted by Gasteiger charge is 2.35. The summed E-state index contributed by atoms with van der Waals surface area (Å²) >= 11 is 1.61. The molecule has 6 heteroatoms. The van der Waals surface area contributed by atoms with E-state index in [4.69, 9.17) is 9.72 Å². The highest BCUT2D eigenvalue weighted by molar-refractivity contribution is 7.11. The van der Waals surface area contributed by atoms with Crippen molar-refractivity contribution in [3.63, 3.8) is 0 Å². The molecule has 164 valence electrons. The molecule has 2 heterocycles. The number of hydrogen-bond acceptors (Lipinski definition) is 5. The highest BCUT2D eigenvalue weighted by atomic mass is 32.1. The molecule has 4 nitrogen and oxygen atoms in total. The summed E-state index contributed by atoms with van der Waals surface area (Å²) in [5, 5.41) is 12.2. The second-order valence-electron chi connectivity index (χ2n) is 8.23. The molecule has 0 bridgehead atoms. The molecule has 1 aliphatic heterocycles. The van der Waals surface area contributed by atoms with Gasteiger partial charge in [0.25, 0.3) is 0 Å². The Kier molecular flexibility index (Phi) is 7.00. The van der Waals surface area contributed by atoms with Gasteiger partial charge >= 0.3 is 0 Å². The van der Waals surface area contributed by atoms with E-state index in [1.54, 1.807) is 23.5 Å². The Morgan fingerprint density at radius 3 is 2.77 bits per heavy atom. The van der Waals surface area contributed by atoms with Gasteiger partial charge in [-0.05, 0) is 62.6 Å². The number of benzene rings is 2. The minimum absolute atomic E-state index is 0.203. The number of likely N-dealkylation sites (tertiary alicyclic amines) is 1. The van der Waals surface area contributed by atoms with Crippen LogP contribution in [0, 0.1) is 12.7 Å². The fourth-order valence-corrected chi connectivity index (χ4v) is 5.27. The summed E-state index contributed by atoms with van der Waals surface area (Å²) < 4.78 is 19.3. The average Bonchev–Trinajstić information content (AvgIpc) is 3.03. The molecule has 1 atom stereocenters. The van der Waals surface area contributed by atoms with Crippen LogP contribution in [0.5, 0.6) is 5.75 Å². The molecule has 31 heavy (non-hydrogen) atoms. The molecule has 0 aliphatic carbocycles. The van der Waals surface area contributed by atoms with E-state index in [0.717, 1.165) is 47.9 Å². The Hall–Kier alpha value is -2.28. The maximum atomic E-state index is 13.5. The topological polar surface area (TPSA) is 45.6 Å². The Morgan fingerprint density at radius 1 is 1.13 bits per heavy atom. The zero-order valence-corrected chi connectivity index (χ0v) is 18.7. The molecular weight excluding hydrogens is 411 g/mol. The highest BCUT2D eigenvalue weighted by Crippen LogP contribution is 2.37. The fraction of sp³-hybridized carbons (Fsp3) is 0.400. The summed E-state index contributed by atoms with van der Waals surface area (Å²) in [6, 6.07) is 16.6.